The molecular weight excluding hydrogens is 238 g/mol. The third-order valence-corrected chi connectivity index (χ3v) is 2.36. The number of H-pyrrole nitrogens is 1. The van der Waals surface area contributed by atoms with E-state index in [0.717, 1.165) is 0 Å². The summed E-state index contributed by atoms with van der Waals surface area (Å²) in [4.78, 5) is 25.9. The standard InChI is InChI=1S/C10H17N5O3/c1-6(3-4-8(16)17)13-10(18)14-7(2)9-11-5-12-15-9/h5-7H,3-4H2,1-2H3,(H,16,17)(H,11,12,15)(H2,13,14,18). The molecule has 1 aromatic rings. The van der Waals surface area contributed by atoms with Gasteiger partial charge < -0.3 is 15.7 Å². The molecule has 0 fully saturated rings. The van der Waals surface area contributed by atoms with Crippen LogP contribution >= 0.6 is 0 Å². The number of nitrogens with zero attached hydrogens (tertiary/aromatic N) is 2. The van der Waals surface area contributed by atoms with Gasteiger partial charge in [0, 0.05) is 12.5 Å². The van der Waals surface area contributed by atoms with Gasteiger partial charge in [-0.1, -0.05) is 0 Å². The molecule has 0 saturated carbocycles. The van der Waals surface area contributed by atoms with Gasteiger partial charge in [-0.05, 0) is 20.3 Å². The molecule has 1 aromatic heterocycles. The van der Waals surface area contributed by atoms with Crippen LogP contribution in [0.3, 0.4) is 0 Å². The van der Waals surface area contributed by atoms with Crippen LogP contribution < -0.4 is 10.6 Å². The van der Waals surface area contributed by atoms with E-state index in [4.69, 9.17) is 5.11 Å². The molecule has 8 heteroatoms. The molecule has 2 atom stereocenters. The first-order valence-electron chi connectivity index (χ1n) is 5.63. The lowest BCUT2D eigenvalue weighted by atomic mass is 10.2. The summed E-state index contributed by atoms with van der Waals surface area (Å²) < 4.78 is 0. The fourth-order valence-electron chi connectivity index (χ4n) is 1.37. The number of carboxylic acids is 1. The molecule has 4 N–H and O–H groups in total. The van der Waals surface area contributed by atoms with Gasteiger partial charge >= 0.3 is 12.0 Å². The average Bonchev–Trinajstić information content (AvgIpc) is 2.79. The fraction of sp³-hybridized carbons (Fsp3) is 0.600. The van der Waals surface area contributed by atoms with Gasteiger partial charge in [-0.2, -0.15) is 5.10 Å². The van der Waals surface area contributed by atoms with Crippen LogP contribution in [-0.4, -0.2) is 38.3 Å². The summed E-state index contributed by atoms with van der Waals surface area (Å²) in [5.41, 5.74) is 0. The van der Waals surface area contributed by atoms with Gasteiger partial charge in [0.05, 0.1) is 6.04 Å². The minimum Gasteiger partial charge on any atom is -0.481 e. The van der Waals surface area contributed by atoms with E-state index in [-0.39, 0.29) is 24.5 Å². The van der Waals surface area contributed by atoms with Gasteiger partial charge in [-0.3, -0.25) is 9.89 Å². The molecule has 2 unspecified atom stereocenters. The monoisotopic (exact) mass is 255 g/mol. The van der Waals surface area contributed by atoms with Crippen molar-refractivity contribution in [2.24, 2.45) is 0 Å². The van der Waals surface area contributed by atoms with Crippen LogP contribution in [0.5, 0.6) is 0 Å². The number of hydrogen-bond acceptors (Lipinski definition) is 4. The lowest BCUT2D eigenvalue weighted by Crippen LogP contribution is -2.42. The summed E-state index contributed by atoms with van der Waals surface area (Å²) in [5, 5.41) is 20.2. The number of aromatic amines is 1. The van der Waals surface area contributed by atoms with E-state index >= 15 is 0 Å². The zero-order valence-corrected chi connectivity index (χ0v) is 10.3. The number of aromatic nitrogens is 3. The molecule has 0 bridgehead atoms. The Kier molecular flexibility index (Phi) is 5.09. The third-order valence-electron chi connectivity index (χ3n) is 2.36. The van der Waals surface area contributed by atoms with Crippen molar-refractivity contribution >= 4 is 12.0 Å². The first-order chi connectivity index (χ1) is 8.49. The van der Waals surface area contributed by atoms with Gasteiger partial charge in [0.25, 0.3) is 0 Å². The Morgan fingerprint density at radius 1 is 1.44 bits per heavy atom. The third kappa shape index (κ3) is 4.81. The van der Waals surface area contributed by atoms with Crippen molar-refractivity contribution in [3.05, 3.63) is 12.2 Å². The Morgan fingerprint density at radius 2 is 2.17 bits per heavy atom. The summed E-state index contributed by atoms with van der Waals surface area (Å²) in [6.07, 6.45) is 1.78. The van der Waals surface area contributed by atoms with E-state index in [1.165, 1.54) is 6.33 Å². The number of hydrogen-bond donors (Lipinski definition) is 4. The van der Waals surface area contributed by atoms with Crippen LogP contribution in [0.15, 0.2) is 6.33 Å². The quantitative estimate of drug-likeness (QED) is 0.587. The molecule has 0 aliphatic carbocycles. The van der Waals surface area contributed by atoms with Gasteiger partial charge in [0.2, 0.25) is 0 Å². The number of carbonyl (C=O) groups excluding carboxylic acids is 1. The van der Waals surface area contributed by atoms with E-state index in [1.54, 1.807) is 13.8 Å². The number of urea groups is 1. The average molecular weight is 255 g/mol. The van der Waals surface area contributed by atoms with E-state index in [0.29, 0.717) is 12.2 Å². The molecule has 100 valence electrons. The molecule has 0 aromatic carbocycles. The number of aliphatic carboxylic acids is 1. The predicted molar refractivity (Wildman–Crippen MR) is 62.8 cm³/mol. The predicted octanol–water partition coefficient (Wildman–Crippen LogP) is 0.418. The maximum Gasteiger partial charge on any atom is 0.315 e. The highest BCUT2D eigenvalue weighted by Gasteiger charge is 2.13. The Hall–Kier alpha value is -2.12. The number of rotatable bonds is 6. The normalized spacial score (nSPS) is 13.7. The molecule has 18 heavy (non-hydrogen) atoms. The van der Waals surface area contributed by atoms with Crippen LogP contribution in [0.1, 0.15) is 38.6 Å². The first kappa shape index (κ1) is 13.9. The van der Waals surface area contributed by atoms with Crippen LogP contribution in [0.4, 0.5) is 4.79 Å². The van der Waals surface area contributed by atoms with E-state index in [1.807, 2.05) is 0 Å². The number of carboxylic acid groups (broad SMARTS) is 1. The molecular formula is C10H17N5O3. The van der Waals surface area contributed by atoms with Gasteiger partial charge in [-0.15, -0.1) is 0 Å². The topological polar surface area (TPSA) is 120 Å². The highest BCUT2D eigenvalue weighted by atomic mass is 16.4. The first-order valence-corrected chi connectivity index (χ1v) is 5.63. The van der Waals surface area contributed by atoms with Crippen molar-refractivity contribution in [1.82, 2.24) is 25.8 Å². The molecule has 1 rings (SSSR count). The molecule has 2 amide bonds. The van der Waals surface area contributed by atoms with E-state index < -0.39 is 5.97 Å². The smallest absolute Gasteiger partial charge is 0.315 e. The minimum absolute atomic E-state index is 0.0269. The Labute approximate surface area is 104 Å². The molecule has 0 aliphatic rings. The van der Waals surface area contributed by atoms with Gasteiger partial charge in [0.1, 0.15) is 12.2 Å². The summed E-state index contributed by atoms with van der Waals surface area (Å²) in [7, 11) is 0. The van der Waals surface area contributed by atoms with Crippen molar-refractivity contribution in [2.45, 2.75) is 38.8 Å². The Balaban J connectivity index is 2.30. The van der Waals surface area contributed by atoms with Crippen LogP contribution in [0.25, 0.3) is 0 Å². The summed E-state index contributed by atoms with van der Waals surface area (Å²) in [6.45, 7) is 3.52. The zero-order valence-electron chi connectivity index (χ0n) is 10.3. The number of carbonyl (C=O) groups is 2. The minimum atomic E-state index is -0.876. The zero-order chi connectivity index (χ0) is 13.5. The van der Waals surface area contributed by atoms with Crippen LogP contribution in [0.2, 0.25) is 0 Å². The molecule has 0 spiro atoms. The maximum absolute atomic E-state index is 11.6. The number of nitrogens with one attached hydrogen (secondary N) is 3. The highest BCUT2D eigenvalue weighted by molar-refractivity contribution is 5.74. The van der Waals surface area contributed by atoms with Crippen molar-refractivity contribution < 1.29 is 14.7 Å². The lowest BCUT2D eigenvalue weighted by Gasteiger charge is -2.16. The van der Waals surface area contributed by atoms with Crippen molar-refractivity contribution in [3.8, 4) is 0 Å². The maximum atomic E-state index is 11.6. The second-order valence-electron chi connectivity index (χ2n) is 4.04. The van der Waals surface area contributed by atoms with Crippen LogP contribution in [0, 0.1) is 0 Å². The molecule has 0 saturated heterocycles. The lowest BCUT2D eigenvalue weighted by molar-refractivity contribution is -0.137. The van der Waals surface area contributed by atoms with Gasteiger partial charge in [-0.25, -0.2) is 9.78 Å². The van der Waals surface area contributed by atoms with Gasteiger partial charge in [0.15, 0.2) is 0 Å². The second-order valence-corrected chi connectivity index (χ2v) is 4.04. The van der Waals surface area contributed by atoms with E-state index in [2.05, 4.69) is 25.8 Å². The molecule has 0 aliphatic heterocycles. The SMILES string of the molecule is CC(CCC(=O)O)NC(=O)NC(C)c1ncn[nH]1. The number of amides is 2. The molecule has 0 radical (unpaired) electrons. The van der Waals surface area contributed by atoms with E-state index in [9.17, 15) is 9.59 Å². The molecule has 8 nitrogen and oxygen atoms in total. The summed E-state index contributed by atoms with van der Waals surface area (Å²) in [6, 6.07) is -0.862. The summed E-state index contributed by atoms with van der Waals surface area (Å²) >= 11 is 0. The fourth-order valence-corrected chi connectivity index (χ4v) is 1.37. The highest BCUT2D eigenvalue weighted by Crippen LogP contribution is 2.03. The van der Waals surface area contributed by atoms with Crippen molar-refractivity contribution in [3.63, 3.8) is 0 Å². The van der Waals surface area contributed by atoms with Crippen molar-refractivity contribution in [1.29, 1.82) is 0 Å². The van der Waals surface area contributed by atoms with Crippen molar-refractivity contribution in [2.75, 3.05) is 0 Å². The summed E-state index contributed by atoms with van der Waals surface area (Å²) in [5.74, 6) is -0.317. The Bertz CT molecular complexity index is 392. The Morgan fingerprint density at radius 3 is 2.72 bits per heavy atom. The molecule has 1 heterocycles. The largest absolute Gasteiger partial charge is 0.481 e. The van der Waals surface area contributed by atoms with Crippen LogP contribution in [-0.2, 0) is 4.79 Å². The second kappa shape index (κ2) is 6.58.